The highest BCUT2D eigenvalue weighted by Crippen LogP contribution is 2.44. The highest BCUT2D eigenvalue weighted by molar-refractivity contribution is 7.15. The Balaban J connectivity index is 2.03. The zero-order valence-corrected chi connectivity index (χ0v) is 20.3. The fourth-order valence-corrected chi connectivity index (χ4v) is 4.97. The molecule has 2 nitrogen and oxygen atoms in total. The molecule has 2 heterocycles. The molecule has 0 radical (unpaired) electrons. The number of unbranched alkanes of at least 4 members (excludes halogenated alkanes) is 3. The van der Waals surface area contributed by atoms with E-state index in [1.807, 2.05) is 6.07 Å². The molecule has 0 saturated heterocycles. The van der Waals surface area contributed by atoms with Gasteiger partial charge in [0.1, 0.15) is 17.6 Å². The van der Waals surface area contributed by atoms with Gasteiger partial charge in [0.25, 0.3) is 0 Å². The summed E-state index contributed by atoms with van der Waals surface area (Å²) >= 11 is 3.45. The molecule has 0 fully saturated rings. The quantitative estimate of drug-likeness (QED) is 0.242. The van der Waals surface area contributed by atoms with Crippen LogP contribution in [0.5, 0.6) is 11.5 Å². The van der Waals surface area contributed by atoms with Crippen LogP contribution in [0, 0.1) is 50.1 Å². The molecule has 0 aliphatic carbocycles. The van der Waals surface area contributed by atoms with Gasteiger partial charge in [-0.1, -0.05) is 26.2 Å². The molecule has 0 saturated carbocycles. The molecule has 3 aromatic rings. The van der Waals surface area contributed by atoms with E-state index < -0.39 is 0 Å². The average Bonchev–Trinajstić information content (AvgIpc) is 3.42. The van der Waals surface area contributed by atoms with Crippen LogP contribution in [0.3, 0.4) is 0 Å². The molecule has 3 rings (SSSR count). The molecule has 0 unspecified atom stereocenters. The van der Waals surface area contributed by atoms with Crippen LogP contribution in [0.1, 0.15) is 42.4 Å². The van der Waals surface area contributed by atoms with Gasteiger partial charge in [-0.05, 0) is 68.5 Å². The van der Waals surface area contributed by atoms with Gasteiger partial charge in [0, 0.05) is 42.5 Å². The van der Waals surface area contributed by atoms with E-state index in [2.05, 4.69) is 80.9 Å². The molecule has 162 valence electrons. The lowest BCUT2D eigenvalue weighted by atomic mass is 10.1. The molecule has 0 bridgehead atoms. The smallest absolute Gasteiger partial charge is 0.149 e. The number of hydrogen-bond acceptors (Lipinski definition) is 4. The summed E-state index contributed by atoms with van der Waals surface area (Å²) in [4.78, 5) is 4.74. The third-order valence-electron chi connectivity index (χ3n) is 4.76. The van der Waals surface area contributed by atoms with Gasteiger partial charge in [-0.2, -0.15) is 0 Å². The minimum Gasteiger partial charge on any atom is -0.493 e. The minimum absolute atomic E-state index is 0.682. The number of aryl methyl sites for hydroxylation is 2. The van der Waals surface area contributed by atoms with Crippen molar-refractivity contribution in [2.45, 2.75) is 46.5 Å². The zero-order chi connectivity index (χ0) is 22.8. The standard InChI is InChI=1S/C28H26O2S2/c1-5-7-9-11-17-29-25-19-24(28-16-14-22(4)32-28)26(30-18-12-10-8-6-2)20-23(25)27-15-13-21(3)31-27/h1,13-16,19-20H,6,8,10,12,18H2,2-4H3. The maximum Gasteiger partial charge on any atom is 0.149 e. The topological polar surface area (TPSA) is 18.5 Å². The van der Waals surface area contributed by atoms with Crippen molar-refractivity contribution in [1.82, 2.24) is 0 Å². The number of terminal acetylenes is 1. The van der Waals surface area contributed by atoms with E-state index >= 15 is 0 Å². The predicted octanol–water partition coefficient (Wildman–Crippen LogP) is 7.70. The molecule has 0 spiro atoms. The molecular formula is C28H26O2S2. The van der Waals surface area contributed by atoms with Crippen molar-refractivity contribution >= 4 is 22.7 Å². The molecule has 0 aliphatic rings. The SMILES string of the molecule is C#CC#CC#COc1cc(-c2ccc(C)s2)c(OCCCCCC)cc1-c1ccc(C)s1. The van der Waals surface area contributed by atoms with Crippen LogP contribution in [0.4, 0.5) is 0 Å². The molecule has 0 atom stereocenters. The Morgan fingerprint density at radius 1 is 0.812 bits per heavy atom. The summed E-state index contributed by atoms with van der Waals surface area (Å²) in [6, 6.07) is 12.6. The predicted molar refractivity (Wildman–Crippen MR) is 137 cm³/mol. The Kier molecular flexibility index (Phi) is 8.89. The molecular weight excluding hydrogens is 432 g/mol. The van der Waals surface area contributed by atoms with Crippen molar-refractivity contribution in [3.63, 3.8) is 0 Å². The largest absolute Gasteiger partial charge is 0.493 e. The zero-order valence-electron chi connectivity index (χ0n) is 18.7. The highest BCUT2D eigenvalue weighted by atomic mass is 32.1. The van der Waals surface area contributed by atoms with E-state index in [0.29, 0.717) is 12.4 Å². The van der Waals surface area contributed by atoms with Crippen LogP contribution >= 0.6 is 22.7 Å². The minimum atomic E-state index is 0.682. The second-order valence-corrected chi connectivity index (χ2v) is 9.87. The first kappa shape index (κ1) is 23.6. The monoisotopic (exact) mass is 458 g/mol. The number of benzene rings is 1. The molecule has 0 amide bonds. The Hall–Kier alpha value is -3.10. The first-order valence-electron chi connectivity index (χ1n) is 10.7. The normalized spacial score (nSPS) is 9.81. The first-order valence-corrected chi connectivity index (χ1v) is 12.3. The summed E-state index contributed by atoms with van der Waals surface area (Å²) in [7, 11) is 0. The maximum absolute atomic E-state index is 6.30. The number of rotatable bonds is 9. The van der Waals surface area contributed by atoms with Crippen LogP contribution in [-0.4, -0.2) is 6.61 Å². The van der Waals surface area contributed by atoms with Gasteiger partial charge in [0.15, 0.2) is 0 Å². The van der Waals surface area contributed by atoms with E-state index in [1.54, 1.807) is 22.7 Å². The maximum atomic E-state index is 6.30. The number of thiophene rings is 2. The van der Waals surface area contributed by atoms with Gasteiger partial charge < -0.3 is 9.47 Å². The average molecular weight is 459 g/mol. The second kappa shape index (κ2) is 12.1. The van der Waals surface area contributed by atoms with E-state index in [4.69, 9.17) is 15.9 Å². The molecule has 0 aliphatic heterocycles. The van der Waals surface area contributed by atoms with Crippen molar-refractivity contribution in [1.29, 1.82) is 0 Å². The van der Waals surface area contributed by atoms with Crippen molar-refractivity contribution in [2.24, 2.45) is 0 Å². The van der Waals surface area contributed by atoms with Crippen LogP contribution in [0.15, 0.2) is 36.4 Å². The van der Waals surface area contributed by atoms with Crippen LogP contribution in [0.2, 0.25) is 0 Å². The first-order chi connectivity index (χ1) is 15.6. The van der Waals surface area contributed by atoms with E-state index in [-0.39, 0.29) is 0 Å². The van der Waals surface area contributed by atoms with Crippen LogP contribution < -0.4 is 9.47 Å². The Morgan fingerprint density at radius 2 is 1.47 bits per heavy atom. The Morgan fingerprint density at radius 3 is 2.06 bits per heavy atom. The van der Waals surface area contributed by atoms with Gasteiger partial charge in [-0.15, -0.1) is 29.1 Å². The van der Waals surface area contributed by atoms with Gasteiger partial charge in [-0.3, -0.25) is 0 Å². The molecule has 32 heavy (non-hydrogen) atoms. The summed E-state index contributed by atoms with van der Waals surface area (Å²) in [5.74, 6) is 11.5. The lowest BCUT2D eigenvalue weighted by molar-refractivity contribution is 0.306. The summed E-state index contributed by atoms with van der Waals surface area (Å²) in [5, 5.41) is 0. The van der Waals surface area contributed by atoms with Crippen LogP contribution in [0.25, 0.3) is 20.9 Å². The fourth-order valence-electron chi connectivity index (χ4n) is 3.19. The van der Waals surface area contributed by atoms with Gasteiger partial charge in [0.05, 0.1) is 6.61 Å². The lowest BCUT2D eigenvalue weighted by Gasteiger charge is -2.15. The molecule has 2 aromatic heterocycles. The van der Waals surface area contributed by atoms with E-state index in [1.165, 1.54) is 29.0 Å². The fraction of sp³-hybridized carbons (Fsp3) is 0.286. The van der Waals surface area contributed by atoms with Crippen molar-refractivity contribution in [2.75, 3.05) is 6.61 Å². The molecule has 0 N–H and O–H groups in total. The third-order valence-corrected chi connectivity index (χ3v) is 6.83. The Labute approximate surface area is 199 Å². The van der Waals surface area contributed by atoms with Gasteiger partial charge in [-0.25, -0.2) is 0 Å². The van der Waals surface area contributed by atoms with Gasteiger partial charge in [0.2, 0.25) is 0 Å². The third kappa shape index (κ3) is 6.45. The van der Waals surface area contributed by atoms with Crippen LogP contribution in [-0.2, 0) is 0 Å². The highest BCUT2D eigenvalue weighted by Gasteiger charge is 2.17. The van der Waals surface area contributed by atoms with Crippen molar-refractivity contribution in [3.05, 3.63) is 46.2 Å². The number of hydrogen-bond donors (Lipinski definition) is 0. The summed E-state index contributed by atoms with van der Waals surface area (Å²) < 4.78 is 12.2. The molecule has 1 aromatic carbocycles. The molecule has 4 heteroatoms. The second-order valence-electron chi connectivity index (χ2n) is 7.30. The van der Waals surface area contributed by atoms with Crippen molar-refractivity contribution < 1.29 is 9.47 Å². The Bertz CT molecular complexity index is 1220. The summed E-state index contributed by atoms with van der Waals surface area (Å²) in [5.41, 5.74) is 1.98. The summed E-state index contributed by atoms with van der Waals surface area (Å²) in [6.07, 6.45) is 12.5. The van der Waals surface area contributed by atoms with Gasteiger partial charge >= 0.3 is 0 Å². The number of ether oxygens (including phenoxy) is 2. The van der Waals surface area contributed by atoms with Crippen molar-refractivity contribution in [3.8, 4) is 68.6 Å². The van der Waals surface area contributed by atoms with E-state index in [0.717, 1.165) is 33.1 Å². The summed E-state index contributed by atoms with van der Waals surface area (Å²) in [6.45, 7) is 7.11. The lowest BCUT2D eigenvalue weighted by Crippen LogP contribution is -2.00. The van der Waals surface area contributed by atoms with E-state index in [9.17, 15) is 0 Å².